The summed E-state index contributed by atoms with van der Waals surface area (Å²) in [7, 11) is 0. The number of fused-ring (bicyclic) bond motifs is 1. The molecule has 0 saturated heterocycles. The van der Waals surface area contributed by atoms with E-state index in [4.69, 9.17) is 4.74 Å². The molecule has 0 fully saturated rings. The Labute approximate surface area is 164 Å². The molecule has 148 valence electrons. The van der Waals surface area contributed by atoms with E-state index in [9.17, 15) is 14.0 Å². The van der Waals surface area contributed by atoms with Gasteiger partial charge in [0.25, 0.3) is 0 Å². The highest BCUT2D eigenvalue weighted by Gasteiger charge is 2.40. The Kier molecular flexibility index (Phi) is 5.97. The van der Waals surface area contributed by atoms with Gasteiger partial charge in [-0.2, -0.15) is 0 Å². The van der Waals surface area contributed by atoms with Crippen LogP contribution in [0.5, 0.6) is 0 Å². The Balaban J connectivity index is 1.84. The number of hydrogen-bond donors (Lipinski definition) is 1. The van der Waals surface area contributed by atoms with E-state index in [1.165, 1.54) is 19.1 Å². The quantitative estimate of drug-likeness (QED) is 0.840. The van der Waals surface area contributed by atoms with Crippen LogP contribution in [0.25, 0.3) is 0 Å². The second-order valence-corrected chi connectivity index (χ2v) is 7.11. The smallest absolute Gasteiger partial charge is 0.407 e. The molecular formula is C22H25FN2O3. The van der Waals surface area contributed by atoms with Crippen LogP contribution in [-0.2, 0) is 16.1 Å². The van der Waals surface area contributed by atoms with Gasteiger partial charge in [0.2, 0.25) is 5.91 Å². The average Bonchev–Trinajstić information content (AvgIpc) is 2.68. The van der Waals surface area contributed by atoms with E-state index in [2.05, 4.69) is 5.32 Å². The molecule has 0 radical (unpaired) electrons. The zero-order valence-electron chi connectivity index (χ0n) is 16.3. The van der Waals surface area contributed by atoms with Gasteiger partial charge in [-0.25, -0.2) is 9.18 Å². The van der Waals surface area contributed by atoms with Crippen LogP contribution >= 0.6 is 0 Å². The lowest BCUT2D eigenvalue weighted by atomic mass is 9.81. The van der Waals surface area contributed by atoms with Crippen molar-refractivity contribution in [2.75, 3.05) is 4.90 Å². The van der Waals surface area contributed by atoms with Crippen molar-refractivity contribution >= 4 is 17.7 Å². The van der Waals surface area contributed by atoms with Gasteiger partial charge in [-0.3, -0.25) is 4.79 Å². The van der Waals surface area contributed by atoms with E-state index in [0.717, 1.165) is 12.0 Å². The van der Waals surface area contributed by atoms with Crippen molar-refractivity contribution < 1.29 is 18.7 Å². The number of rotatable bonds is 4. The van der Waals surface area contributed by atoms with E-state index >= 15 is 0 Å². The Bertz CT molecular complexity index is 856. The zero-order valence-corrected chi connectivity index (χ0v) is 16.3. The Morgan fingerprint density at radius 3 is 2.54 bits per heavy atom. The van der Waals surface area contributed by atoms with Crippen LogP contribution in [0.3, 0.4) is 0 Å². The number of hydrogen-bond acceptors (Lipinski definition) is 3. The molecule has 0 aromatic heterocycles. The summed E-state index contributed by atoms with van der Waals surface area (Å²) in [6.45, 7) is 5.61. The van der Waals surface area contributed by atoms with Crippen LogP contribution in [0.2, 0.25) is 0 Å². The van der Waals surface area contributed by atoms with Crippen molar-refractivity contribution in [1.29, 1.82) is 0 Å². The predicted octanol–water partition coefficient (Wildman–Crippen LogP) is 4.57. The largest absolute Gasteiger partial charge is 0.445 e. The van der Waals surface area contributed by atoms with Gasteiger partial charge in [0.15, 0.2) is 0 Å². The van der Waals surface area contributed by atoms with Crippen LogP contribution in [-0.4, -0.2) is 18.0 Å². The molecule has 1 aliphatic heterocycles. The number of benzene rings is 2. The Hall–Kier alpha value is -2.89. The van der Waals surface area contributed by atoms with E-state index in [1.54, 1.807) is 11.0 Å². The fraction of sp³-hybridized carbons (Fsp3) is 0.364. The molecule has 3 atom stereocenters. The summed E-state index contributed by atoms with van der Waals surface area (Å²) in [5.41, 5.74) is 2.10. The Morgan fingerprint density at radius 2 is 1.89 bits per heavy atom. The fourth-order valence-corrected chi connectivity index (χ4v) is 3.97. The summed E-state index contributed by atoms with van der Waals surface area (Å²) in [4.78, 5) is 26.4. The van der Waals surface area contributed by atoms with Crippen LogP contribution in [0.15, 0.2) is 48.5 Å². The van der Waals surface area contributed by atoms with Crippen molar-refractivity contribution in [2.45, 2.75) is 45.9 Å². The number of carbonyl (C=O) groups excluding carboxylic acids is 2. The zero-order chi connectivity index (χ0) is 20.3. The number of alkyl carbamates (subject to hydrolysis) is 1. The lowest BCUT2D eigenvalue weighted by Crippen LogP contribution is -2.51. The molecular weight excluding hydrogens is 359 g/mol. The minimum Gasteiger partial charge on any atom is -0.445 e. The maximum Gasteiger partial charge on any atom is 0.407 e. The van der Waals surface area contributed by atoms with Crippen LogP contribution in [0.4, 0.5) is 14.9 Å². The third-order valence-corrected chi connectivity index (χ3v) is 5.29. The summed E-state index contributed by atoms with van der Waals surface area (Å²) < 4.78 is 19.3. The molecule has 2 amide bonds. The molecule has 5 nitrogen and oxygen atoms in total. The molecule has 0 aliphatic carbocycles. The van der Waals surface area contributed by atoms with E-state index in [1.807, 2.05) is 44.2 Å². The number of ether oxygens (including phenoxy) is 1. The number of nitrogens with one attached hydrogen (secondary N) is 1. The van der Waals surface area contributed by atoms with Crippen LogP contribution in [0, 0.1) is 11.7 Å². The van der Waals surface area contributed by atoms with E-state index in [0.29, 0.717) is 11.3 Å². The summed E-state index contributed by atoms with van der Waals surface area (Å²) in [5, 5.41) is 2.88. The number of anilines is 1. The molecule has 0 saturated carbocycles. The van der Waals surface area contributed by atoms with E-state index < -0.39 is 18.0 Å². The highest BCUT2D eigenvalue weighted by Crippen LogP contribution is 2.42. The van der Waals surface area contributed by atoms with Gasteiger partial charge < -0.3 is 15.0 Å². The average molecular weight is 384 g/mol. The monoisotopic (exact) mass is 384 g/mol. The molecule has 0 spiro atoms. The molecule has 1 aliphatic rings. The topological polar surface area (TPSA) is 58.6 Å². The minimum absolute atomic E-state index is 0.100. The van der Waals surface area contributed by atoms with Crippen molar-refractivity contribution in [3.63, 3.8) is 0 Å². The summed E-state index contributed by atoms with van der Waals surface area (Å²) in [5.74, 6) is -0.613. The molecule has 1 N–H and O–H groups in total. The molecule has 1 unspecified atom stereocenters. The van der Waals surface area contributed by atoms with Crippen molar-refractivity contribution in [2.24, 2.45) is 5.92 Å². The molecule has 6 heteroatoms. The summed E-state index contributed by atoms with van der Waals surface area (Å²) in [6, 6.07) is 13.2. The molecule has 1 heterocycles. The molecule has 28 heavy (non-hydrogen) atoms. The summed E-state index contributed by atoms with van der Waals surface area (Å²) in [6.07, 6.45) is 0.150. The normalized spacial score (nSPS) is 21.0. The number of amides is 2. The molecule has 0 bridgehead atoms. The van der Waals surface area contributed by atoms with Crippen LogP contribution in [0.1, 0.15) is 44.4 Å². The fourth-order valence-electron chi connectivity index (χ4n) is 3.97. The third kappa shape index (κ3) is 4.01. The van der Waals surface area contributed by atoms with Gasteiger partial charge in [-0.15, -0.1) is 0 Å². The second kappa shape index (κ2) is 8.42. The van der Waals surface area contributed by atoms with Gasteiger partial charge in [0, 0.05) is 30.1 Å². The van der Waals surface area contributed by atoms with Gasteiger partial charge in [-0.1, -0.05) is 44.2 Å². The highest BCUT2D eigenvalue weighted by atomic mass is 19.1. The van der Waals surface area contributed by atoms with Gasteiger partial charge >= 0.3 is 6.09 Å². The van der Waals surface area contributed by atoms with Crippen molar-refractivity contribution in [1.82, 2.24) is 5.32 Å². The minimum atomic E-state index is -0.568. The molecule has 2 aromatic carbocycles. The lowest BCUT2D eigenvalue weighted by molar-refractivity contribution is -0.117. The van der Waals surface area contributed by atoms with Gasteiger partial charge in [-0.05, 0) is 30.2 Å². The third-order valence-electron chi connectivity index (χ3n) is 5.29. The molecule has 2 aromatic rings. The Morgan fingerprint density at radius 1 is 1.18 bits per heavy atom. The number of halogens is 1. The first-order valence-corrected chi connectivity index (χ1v) is 9.48. The first kappa shape index (κ1) is 19.9. The van der Waals surface area contributed by atoms with E-state index in [-0.39, 0.29) is 24.5 Å². The van der Waals surface area contributed by atoms with Crippen molar-refractivity contribution in [3.05, 3.63) is 65.5 Å². The van der Waals surface area contributed by atoms with Gasteiger partial charge in [0.05, 0.1) is 6.04 Å². The number of carbonyl (C=O) groups is 2. The maximum absolute atomic E-state index is 14.0. The maximum atomic E-state index is 14.0. The first-order chi connectivity index (χ1) is 13.4. The van der Waals surface area contributed by atoms with Crippen molar-refractivity contribution in [3.8, 4) is 0 Å². The molecule has 3 rings (SSSR count). The standard InChI is InChI=1S/C22H25FN2O3/c1-4-19-14(2)21(24-22(27)28-13-16-8-6-5-7-9-16)18-12-17(23)10-11-20(18)25(19)15(3)26/h5-12,14,19,21H,4,13H2,1-3H3,(H,24,27)/t14-,19-,21?/m0/s1. The lowest BCUT2D eigenvalue weighted by Gasteiger charge is -2.44. The number of nitrogens with zero attached hydrogens (tertiary/aromatic N) is 1. The highest BCUT2D eigenvalue weighted by molar-refractivity contribution is 5.94. The van der Waals surface area contributed by atoms with Gasteiger partial charge in [0.1, 0.15) is 12.4 Å². The summed E-state index contributed by atoms with van der Waals surface area (Å²) >= 11 is 0. The first-order valence-electron chi connectivity index (χ1n) is 9.48. The second-order valence-electron chi connectivity index (χ2n) is 7.11. The SMILES string of the molecule is CC[C@H]1[C@H](C)C(NC(=O)OCc2ccccc2)c2cc(F)ccc2N1C(C)=O. The predicted molar refractivity (Wildman–Crippen MR) is 105 cm³/mol. The van der Waals surface area contributed by atoms with Crippen LogP contribution < -0.4 is 10.2 Å².